The molecule has 1 aliphatic rings. The van der Waals surface area contributed by atoms with E-state index in [9.17, 15) is 4.79 Å². The summed E-state index contributed by atoms with van der Waals surface area (Å²) in [5, 5.41) is 10.6. The van der Waals surface area contributed by atoms with Crippen molar-refractivity contribution in [2.75, 3.05) is 6.61 Å². The summed E-state index contributed by atoms with van der Waals surface area (Å²) in [6.45, 7) is 4.02. The van der Waals surface area contributed by atoms with Crippen LogP contribution >= 0.6 is 0 Å². The number of amides is 1. The Hall–Kier alpha value is -3.36. The molecule has 3 heterocycles. The number of carbonyl (C=O) groups is 1. The van der Waals surface area contributed by atoms with Crippen molar-refractivity contribution in [2.45, 2.75) is 32.4 Å². The number of carbonyl (C=O) groups excluding carboxylic acids is 1. The minimum Gasteiger partial charge on any atom is -0.483 e. The van der Waals surface area contributed by atoms with Gasteiger partial charge in [-0.1, -0.05) is 17.3 Å². The van der Waals surface area contributed by atoms with Crippen LogP contribution < -0.4 is 14.8 Å². The number of rotatable bonds is 6. The summed E-state index contributed by atoms with van der Waals surface area (Å²) < 4.78 is 18.4. The summed E-state index contributed by atoms with van der Waals surface area (Å²) in [5.74, 6) is 1.70. The number of hydrogen-bond donors (Lipinski definition) is 1. The van der Waals surface area contributed by atoms with Crippen LogP contribution in [0.2, 0.25) is 0 Å². The molecule has 146 valence electrons. The maximum Gasteiger partial charge on any atom is 0.258 e. The van der Waals surface area contributed by atoms with Crippen molar-refractivity contribution < 1.29 is 18.8 Å². The highest BCUT2D eigenvalue weighted by atomic mass is 16.5. The van der Waals surface area contributed by atoms with E-state index in [1.807, 2.05) is 26.0 Å². The molecule has 1 N–H and O–H groups in total. The normalized spacial score (nSPS) is 14.4. The molecule has 4 rings (SSSR count). The zero-order valence-electron chi connectivity index (χ0n) is 15.9. The van der Waals surface area contributed by atoms with Crippen molar-refractivity contribution in [3.63, 3.8) is 0 Å². The van der Waals surface area contributed by atoms with Gasteiger partial charge < -0.3 is 19.3 Å². The maximum absolute atomic E-state index is 12.1. The van der Waals surface area contributed by atoms with Crippen molar-refractivity contribution >= 4 is 5.91 Å². The number of benzene rings is 1. The Bertz CT molecular complexity index is 1010. The Balaban J connectivity index is 1.31. The summed E-state index contributed by atoms with van der Waals surface area (Å²) >= 11 is 0. The Kier molecular flexibility index (Phi) is 4.50. The van der Waals surface area contributed by atoms with Gasteiger partial charge in [0.2, 0.25) is 11.7 Å². The standard InChI is InChI=1S/C19H21N5O4/c1-19(2)7-12-5-4-6-14(17(12)27-19)26-11-15(25)20-9-16-22-18(23-28-16)13-8-21-24(3)10-13/h4-6,8,10H,7,9,11H2,1-3H3,(H,20,25). The van der Waals surface area contributed by atoms with Crippen molar-refractivity contribution in [3.8, 4) is 22.9 Å². The third-order valence-electron chi connectivity index (χ3n) is 4.28. The molecule has 1 amide bonds. The van der Waals surface area contributed by atoms with Gasteiger partial charge in [0.25, 0.3) is 5.91 Å². The maximum atomic E-state index is 12.1. The number of hydrogen-bond acceptors (Lipinski definition) is 7. The monoisotopic (exact) mass is 383 g/mol. The molecule has 0 unspecified atom stereocenters. The van der Waals surface area contributed by atoms with Crippen molar-refractivity contribution in [1.82, 2.24) is 25.2 Å². The molecule has 0 spiro atoms. The fourth-order valence-electron chi connectivity index (χ4n) is 3.05. The molecule has 0 bridgehead atoms. The van der Waals surface area contributed by atoms with Gasteiger partial charge in [-0.2, -0.15) is 10.1 Å². The molecule has 9 heteroatoms. The molecule has 0 atom stereocenters. The fraction of sp³-hybridized carbons (Fsp3) is 0.368. The first-order chi connectivity index (χ1) is 13.4. The second-order valence-corrected chi connectivity index (χ2v) is 7.26. The van der Waals surface area contributed by atoms with Crippen LogP contribution in [-0.4, -0.2) is 38.0 Å². The molecule has 0 fully saturated rings. The molecule has 1 aliphatic heterocycles. The molecule has 0 aliphatic carbocycles. The Morgan fingerprint density at radius 1 is 1.39 bits per heavy atom. The van der Waals surface area contributed by atoms with Crippen LogP contribution in [0.3, 0.4) is 0 Å². The number of para-hydroxylation sites is 1. The van der Waals surface area contributed by atoms with E-state index in [0.717, 1.165) is 17.5 Å². The number of nitrogens with zero attached hydrogens (tertiary/aromatic N) is 4. The first-order valence-corrected chi connectivity index (χ1v) is 8.92. The molecule has 2 aromatic heterocycles. The lowest BCUT2D eigenvalue weighted by Crippen LogP contribution is -2.28. The summed E-state index contributed by atoms with van der Waals surface area (Å²) in [4.78, 5) is 16.4. The minimum atomic E-state index is -0.295. The third kappa shape index (κ3) is 3.83. The molecular formula is C19H21N5O4. The van der Waals surface area contributed by atoms with Crippen molar-refractivity contribution in [2.24, 2.45) is 7.05 Å². The van der Waals surface area contributed by atoms with E-state index in [1.165, 1.54) is 0 Å². The fourth-order valence-corrected chi connectivity index (χ4v) is 3.05. The molecule has 0 radical (unpaired) electrons. The van der Waals surface area contributed by atoms with Crippen LogP contribution in [0.1, 0.15) is 25.3 Å². The highest BCUT2D eigenvalue weighted by Gasteiger charge is 2.32. The van der Waals surface area contributed by atoms with Gasteiger partial charge in [-0.3, -0.25) is 9.48 Å². The van der Waals surface area contributed by atoms with E-state index in [4.69, 9.17) is 14.0 Å². The summed E-state index contributed by atoms with van der Waals surface area (Å²) in [7, 11) is 1.80. The second kappa shape index (κ2) is 6.99. The average molecular weight is 383 g/mol. The van der Waals surface area contributed by atoms with Gasteiger partial charge in [-0.15, -0.1) is 0 Å². The van der Waals surface area contributed by atoms with Gasteiger partial charge in [0, 0.05) is 25.2 Å². The van der Waals surface area contributed by atoms with Crippen LogP contribution in [0.5, 0.6) is 11.5 Å². The molecule has 0 saturated carbocycles. The number of nitrogens with one attached hydrogen (secondary N) is 1. The predicted octanol–water partition coefficient (Wildman–Crippen LogP) is 1.88. The van der Waals surface area contributed by atoms with E-state index >= 15 is 0 Å². The van der Waals surface area contributed by atoms with Crippen molar-refractivity contribution in [1.29, 1.82) is 0 Å². The topological polar surface area (TPSA) is 104 Å². The molecule has 1 aromatic carbocycles. The molecule has 9 nitrogen and oxygen atoms in total. The lowest BCUT2D eigenvalue weighted by atomic mass is 10.0. The number of aromatic nitrogens is 4. The number of aryl methyl sites for hydroxylation is 1. The van der Waals surface area contributed by atoms with Crippen LogP contribution in [0, 0.1) is 0 Å². The lowest BCUT2D eigenvalue weighted by molar-refractivity contribution is -0.123. The van der Waals surface area contributed by atoms with Crippen LogP contribution in [-0.2, 0) is 24.8 Å². The summed E-state index contributed by atoms with van der Waals surface area (Å²) in [6.07, 6.45) is 4.23. The minimum absolute atomic E-state index is 0.117. The predicted molar refractivity (Wildman–Crippen MR) is 98.7 cm³/mol. The van der Waals surface area contributed by atoms with Gasteiger partial charge >= 0.3 is 0 Å². The molecule has 28 heavy (non-hydrogen) atoms. The van der Waals surface area contributed by atoms with Gasteiger partial charge in [-0.25, -0.2) is 0 Å². The molecule has 3 aromatic rings. The zero-order valence-corrected chi connectivity index (χ0v) is 15.9. The highest BCUT2D eigenvalue weighted by molar-refractivity contribution is 5.77. The first kappa shape index (κ1) is 18.0. The van der Waals surface area contributed by atoms with Gasteiger partial charge in [-0.05, 0) is 19.9 Å². The van der Waals surface area contributed by atoms with Gasteiger partial charge in [0.05, 0.1) is 18.3 Å². The first-order valence-electron chi connectivity index (χ1n) is 8.92. The van der Waals surface area contributed by atoms with Crippen LogP contribution in [0.15, 0.2) is 35.1 Å². The van der Waals surface area contributed by atoms with Gasteiger partial charge in [0.15, 0.2) is 18.1 Å². The van der Waals surface area contributed by atoms with E-state index in [1.54, 1.807) is 30.2 Å². The van der Waals surface area contributed by atoms with E-state index in [0.29, 0.717) is 23.2 Å². The van der Waals surface area contributed by atoms with Crippen molar-refractivity contribution in [3.05, 3.63) is 42.0 Å². The highest BCUT2D eigenvalue weighted by Crippen LogP contribution is 2.41. The second-order valence-electron chi connectivity index (χ2n) is 7.26. The SMILES string of the molecule is Cn1cc(-c2noc(CNC(=O)COc3cccc4c3OC(C)(C)C4)n2)cn1. The van der Waals surface area contributed by atoms with E-state index in [2.05, 4.69) is 20.6 Å². The van der Waals surface area contributed by atoms with Gasteiger partial charge in [0.1, 0.15) is 5.60 Å². The third-order valence-corrected chi connectivity index (χ3v) is 4.28. The Labute approximate surface area is 161 Å². The summed E-state index contributed by atoms with van der Waals surface area (Å²) in [6, 6.07) is 5.70. The smallest absolute Gasteiger partial charge is 0.258 e. The summed E-state index contributed by atoms with van der Waals surface area (Å²) in [5.41, 5.74) is 1.55. The van der Waals surface area contributed by atoms with E-state index in [-0.39, 0.29) is 24.7 Å². The largest absolute Gasteiger partial charge is 0.483 e. The van der Waals surface area contributed by atoms with E-state index < -0.39 is 0 Å². The average Bonchev–Trinajstić information content (AvgIpc) is 3.35. The quantitative estimate of drug-likeness (QED) is 0.693. The Morgan fingerprint density at radius 3 is 3.04 bits per heavy atom. The van der Waals surface area contributed by atoms with Crippen LogP contribution in [0.4, 0.5) is 0 Å². The molecular weight excluding hydrogens is 362 g/mol. The molecule has 0 saturated heterocycles. The van der Waals surface area contributed by atoms with Crippen LogP contribution in [0.25, 0.3) is 11.4 Å². The number of fused-ring (bicyclic) bond motifs is 1. The lowest BCUT2D eigenvalue weighted by Gasteiger charge is -2.18. The zero-order chi connectivity index (χ0) is 19.7. The Morgan fingerprint density at radius 2 is 2.25 bits per heavy atom. The number of ether oxygens (including phenoxy) is 2.